The molecule has 0 bridgehead atoms. The van der Waals surface area contributed by atoms with Crippen LogP contribution in [-0.4, -0.2) is 45.9 Å². The van der Waals surface area contributed by atoms with Gasteiger partial charge in [0.25, 0.3) is 11.5 Å². The maximum Gasteiger partial charge on any atom is 0.326 e. The van der Waals surface area contributed by atoms with E-state index in [-0.39, 0.29) is 24.1 Å². The van der Waals surface area contributed by atoms with Crippen LogP contribution in [0.5, 0.6) is 0 Å². The Morgan fingerprint density at radius 3 is 2.77 bits per heavy atom. The Morgan fingerprint density at radius 2 is 2.09 bits per heavy atom. The quantitative estimate of drug-likeness (QED) is 0.761. The number of hydrogen-bond acceptors (Lipinski definition) is 5. The average Bonchev–Trinajstić information content (AvgIpc) is 2.46. The molecule has 0 saturated carbocycles. The molecule has 0 spiro atoms. The number of amides is 1. The molecule has 8 nitrogen and oxygen atoms in total. The van der Waals surface area contributed by atoms with Crippen LogP contribution in [0.4, 0.5) is 0 Å². The van der Waals surface area contributed by atoms with Crippen molar-refractivity contribution in [3.63, 3.8) is 0 Å². The van der Waals surface area contributed by atoms with Gasteiger partial charge in [-0.15, -0.1) is 0 Å². The van der Waals surface area contributed by atoms with E-state index in [9.17, 15) is 19.2 Å². The predicted molar refractivity (Wildman–Crippen MR) is 77.6 cm³/mol. The summed E-state index contributed by atoms with van der Waals surface area (Å²) in [4.78, 5) is 52.6. The highest BCUT2D eigenvalue weighted by Crippen LogP contribution is 2.21. The molecule has 1 aliphatic heterocycles. The molecule has 1 atom stereocenters. The predicted octanol–water partition coefficient (Wildman–Crippen LogP) is 0.0111. The minimum absolute atomic E-state index is 0.0653. The minimum atomic E-state index is -0.727. The van der Waals surface area contributed by atoms with E-state index >= 15 is 0 Å². The summed E-state index contributed by atoms with van der Waals surface area (Å²) >= 11 is 0. The number of esters is 1. The number of H-pyrrole nitrogens is 2. The van der Waals surface area contributed by atoms with Gasteiger partial charge < -0.3 is 14.6 Å². The van der Waals surface area contributed by atoms with E-state index in [1.54, 1.807) is 6.92 Å². The maximum atomic E-state index is 12.5. The molecule has 2 rings (SSSR count). The number of nitrogens with one attached hydrogen (secondary N) is 2. The van der Waals surface area contributed by atoms with Crippen molar-refractivity contribution in [3.05, 3.63) is 32.6 Å². The molecule has 0 unspecified atom stereocenters. The van der Waals surface area contributed by atoms with E-state index in [2.05, 4.69) is 4.98 Å². The number of likely N-dealkylation sites (tertiary alicyclic amines) is 1. The van der Waals surface area contributed by atoms with Crippen molar-refractivity contribution in [2.24, 2.45) is 0 Å². The second kappa shape index (κ2) is 7.06. The first kappa shape index (κ1) is 16.0. The molecule has 2 heterocycles. The lowest BCUT2D eigenvalue weighted by Crippen LogP contribution is -2.46. The maximum absolute atomic E-state index is 12.5. The van der Waals surface area contributed by atoms with Gasteiger partial charge in [0.2, 0.25) is 0 Å². The highest BCUT2D eigenvalue weighted by molar-refractivity contribution is 5.92. The lowest BCUT2D eigenvalue weighted by Gasteiger charge is -2.35. The number of hydrogen-bond donors (Lipinski definition) is 2. The molecule has 1 aromatic rings. The fourth-order valence-corrected chi connectivity index (χ4v) is 2.63. The van der Waals surface area contributed by atoms with Crippen LogP contribution in [0.3, 0.4) is 0 Å². The van der Waals surface area contributed by atoms with E-state index in [4.69, 9.17) is 4.74 Å². The lowest BCUT2D eigenvalue weighted by molar-refractivity contribution is -0.144. The van der Waals surface area contributed by atoms with Gasteiger partial charge in [-0.2, -0.15) is 0 Å². The van der Waals surface area contributed by atoms with Crippen molar-refractivity contribution in [2.45, 2.75) is 38.6 Å². The molecule has 22 heavy (non-hydrogen) atoms. The summed E-state index contributed by atoms with van der Waals surface area (Å²) in [6, 6.07) is 0.780. The smallest absolute Gasteiger partial charge is 0.326 e. The van der Waals surface area contributed by atoms with Gasteiger partial charge in [0, 0.05) is 18.7 Å². The second-order valence-corrected chi connectivity index (χ2v) is 5.16. The zero-order chi connectivity index (χ0) is 16.1. The lowest BCUT2D eigenvalue weighted by atomic mass is 9.99. The Hall–Kier alpha value is -2.38. The number of piperidine rings is 1. The van der Waals surface area contributed by atoms with Crippen molar-refractivity contribution >= 4 is 11.9 Å². The summed E-state index contributed by atoms with van der Waals surface area (Å²) in [5.41, 5.74) is -1.43. The van der Waals surface area contributed by atoms with Crippen LogP contribution in [0.1, 0.15) is 43.1 Å². The molecule has 120 valence electrons. The first-order valence-electron chi connectivity index (χ1n) is 7.31. The van der Waals surface area contributed by atoms with E-state index in [0.29, 0.717) is 19.6 Å². The first-order valence-corrected chi connectivity index (χ1v) is 7.31. The molecule has 1 aromatic heterocycles. The van der Waals surface area contributed by atoms with Crippen molar-refractivity contribution in [2.75, 3.05) is 13.2 Å². The summed E-state index contributed by atoms with van der Waals surface area (Å²) in [6.45, 7) is 2.50. The van der Waals surface area contributed by atoms with E-state index in [1.807, 2.05) is 4.98 Å². The molecule has 8 heteroatoms. The van der Waals surface area contributed by atoms with Crippen molar-refractivity contribution in [1.29, 1.82) is 0 Å². The summed E-state index contributed by atoms with van der Waals surface area (Å²) in [5, 5.41) is 0. The monoisotopic (exact) mass is 309 g/mol. The Morgan fingerprint density at radius 1 is 1.32 bits per heavy atom. The van der Waals surface area contributed by atoms with Crippen LogP contribution < -0.4 is 11.2 Å². The first-order chi connectivity index (χ1) is 10.5. The SMILES string of the molecule is CCOC(=O)C[C@H]1CCCCN1C(=O)c1cc(=O)[nH]c(=O)[nH]1. The number of aromatic amines is 2. The molecule has 1 saturated heterocycles. The standard InChI is InChI=1S/C14H19N3O5/c1-2-22-12(19)7-9-5-3-4-6-17(9)13(20)10-8-11(18)16-14(21)15-10/h8-9H,2-7H2,1H3,(H2,15,16,18,21)/t9-/m1/s1. The third kappa shape index (κ3) is 3.84. The summed E-state index contributed by atoms with van der Waals surface area (Å²) < 4.78 is 4.93. The van der Waals surface area contributed by atoms with Crippen LogP contribution in [0.15, 0.2) is 15.7 Å². The number of aromatic nitrogens is 2. The molecular weight excluding hydrogens is 290 g/mol. The van der Waals surface area contributed by atoms with Gasteiger partial charge in [0.15, 0.2) is 0 Å². The van der Waals surface area contributed by atoms with Gasteiger partial charge in [-0.25, -0.2) is 4.79 Å². The minimum Gasteiger partial charge on any atom is -0.466 e. The topological polar surface area (TPSA) is 112 Å². The van der Waals surface area contributed by atoms with Crippen LogP contribution >= 0.6 is 0 Å². The Labute approximate surface area is 126 Å². The summed E-state index contributed by atoms with van der Waals surface area (Å²) in [5.74, 6) is -0.802. The third-order valence-corrected chi connectivity index (χ3v) is 3.59. The van der Waals surface area contributed by atoms with E-state index < -0.39 is 17.2 Å². The highest BCUT2D eigenvalue weighted by Gasteiger charge is 2.30. The number of carbonyl (C=O) groups is 2. The molecule has 0 aliphatic carbocycles. The van der Waals surface area contributed by atoms with Gasteiger partial charge in [-0.3, -0.25) is 19.4 Å². The van der Waals surface area contributed by atoms with Gasteiger partial charge in [-0.1, -0.05) is 0 Å². The number of carbonyl (C=O) groups excluding carboxylic acids is 2. The van der Waals surface area contributed by atoms with Crippen LogP contribution in [-0.2, 0) is 9.53 Å². The number of nitrogens with zero attached hydrogens (tertiary/aromatic N) is 1. The Kier molecular flexibility index (Phi) is 5.13. The van der Waals surface area contributed by atoms with Crippen molar-refractivity contribution in [1.82, 2.24) is 14.9 Å². The van der Waals surface area contributed by atoms with Crippen LogP contribution in [0.2, 0.25) is 0 Å². The van der Waals surface area contributed by atoms with Crippen LogP contribution in [0, 0.1) is 0 Å². The average molecular weight is 309 g/mol. The van der Waals surface area contributed by atoms with Crippen molar-refractivity contribution < 1.29 is 14.3 Å². The van der Waals surface area contributed by atoms with E-state index in [1.165, 1.54) is 4.90 Å². The molecule has 1 aliphatic rings. The molecule has 1 amide bonds. The Balaban J connectivity index is 2.19. The van der Waals surface area contributed by atoms with Gasteiger partial charge in [-0.05, 0) is 26.2 Å². The zero-order valence-electron chi connectivity index (χ0n) is 12.4. The summed E-state index contributed by atoms with van der Waals surface area (Å²) in [7, 11) is 0. The molecule has 0 aromatic carbocycles. The third-order valence-electron chi connectivity index (χ3n) is 3.59. The highest BCUT2D eigenvalue weighted by atomic mass is 16.5. The van der Waals surface area contributed by atoms with Gasteiger partial charge in [0.05, 0.1) is 13.0 Å². The van der Waals surface area contributed by atoms with Gasteiger partial charge in [0.1, 0.15) is 5.69 Å². The number of ether oxygens (including phenoxy) is 1. The zero-order valence-corrected chi connectivity index (χ0v) is 12.4. The fourth-order valence-electron chi connectivity index (χ4n) is 2.63. The molecule has 2 N–H and O–H groups in total. The molecular formula is C14H19N3O5. The Bertz CT molecular complexity index is 635. The van der Waals surface area contributed by atoms with Gasteiger partial charge >= 0.3 is 11.7 Å². The molecule has 1 fully saturated rings. The van der Waals surface area contributed by atoms with Crippen LogP contribution in [0.25, 0.3) is 0 Å². The van der Waals surface area contributed by atoms with Crippen molar-refractivity contribution in [3.8, 4) is 0 Å². The van der Waals surface area contributed by atoms with E-state index in [0.717, 1.165) is 18.9 Å². The normalized spacial score (nSPS) is 18.0. The fraction of sp³-hybridized carbons (Fsp3) is 0.571. The summed E-state index contributed by atoms with van der Waals surface area (Å²) in [6.07, 6.45) is 2.54. The molecule has 0 radical (unpaired) electrons. The largest absolute Gasteiger partial charge is 0.466 e. The number of rotatable bonds is 4. The second-order valence-electron chi connectivity index (χ2n) is 5.16.